The van der Waals surface area contributed by atoms with Crippen molar-refractivity contribution in [2.75, 3.05) is 12.4 Å². The number of nitrogens with one attached hydrogen (secondary N) is 4. The number of rotatable bonds is 12. The van der Waals surface area contributed by atoms with Gasteiger partial charge in [0.2, 0.25) is 17.6 Å². The number of fused-ring (bicyclic) bond motifs is 2. The monoisotopic (exact) mass is 647 g/mol. The van der Waals surface area contributed by atoms with Crippen LogP contribution in [0.4, 0.5) is 5.69 Å². The lowest BCUT2D eigenvalue weighted by atomic mass is 9.64. The number of pyridine rings is 1. The summed E-state index contributed by atoms with van der Waals surface area (Å²) in [5.74, 6) is -1.56. The molecule has 2 fully saturated rings. The number of hydrogen-bond donors (Lipinski definition) is 4. The molecule has 2 saturated carbocycles. The maximum atomic E-state index is 13.4. The standard InChI is InChI=1S/C31H43N7O6.C2H6.4H2/c1-5-19-14-20-8-6-9-21(15-19)26(20)36-25(40)17-38-13-7-10-23(31(38)44)35-28(41)22(11-12-24(39)29(42)32-3)34-30(43)27-18(2)16-33-37(27)4;1-2;;;;/h7,10,13,16,19-22,26H,5-6,8-9,11-12,14-15,17H2,1-4H3,(H,32,42)(H,34,43)(H,35,41)(H,36,40);1-2H3;4*1H/t19?,20?,21?,22-,26?;;;;;/m0...../s1. The second-order valence-electron chi connectivity index (χ2n) is 12.0. The summed E-state index contributed by atoms with van der Waals surface area (Å²) in [4.78, 5) is 76.7. The molecule has 2 heterocycles. The molecule has 4 N–H and O–H groups in total. The van der Waals surface area contributed by atoms with Gasteiger partial charge in [-0.25, -0.2) is 0 Å². The lowest BCUT2D eigenvalue weighted by Crippen LogP contribution is -2.52. The van der Waals surface area contributed by atoms with Crippen molar-refractivity contribution in [2.45, 2.75) is 97.7 Å². The Balaban J connectivity index is 0. The fraction of sp³-hybridized carbons (Fsp3) is 0.606. The van der Waals surface area contributed by atoms with Crippen LogP contribution in [0.2, 0.25) is 0 Å². The van der Waals surface area contributed by atoms with Gasteiger partial charge in [-0.05, 0) is 74.5 Å². The van der Waals surface area contributed by atoms with E-state index >= 15 is 0 Å². The Hall–Kier alpha value is -4.29. The molecule has 3 atom stereocenters. The van der Waals surface area contributed by atoms with Crippen molar-refractivity contribution >= 4 is 35.1 Å². The van der Waals surface area contributed by atoms with Gasteiger partial charge < -0.3 is 25.8 Å². The molecule has 13 nitrogen and oxygen atoms in total. The van der Waals surface area contributed by atoms with E-state index in [9.17, 15) is 28.8 Å². The highest BCUT2D eigenvalue weighted by Gasteiger charge is 2.40. The number of aromatic nitrogens is 3. The van der Waals surface area contributed by atoms with Crippen molar-refractivity contribution in [3.05, 3.63) is 46.1 Å². The fourth-order valence-corrected chi connectivity index (χ4v) is 6.70. The van der Waals surface area contributed by atoms with E-state index in [1.807, 2.05) is 13.8 Å². The zero-order valence-electron chi connectivity index (χ0n) is 27.9. The number of hydrogen-bond acceptors (Lipinski definition) is 7. The molecule has 4 rings (SSSR count). The minimum atomic E-state index is -1.25. The molecule has 0 saturated heterocycles. The smallest absolute Gasteiger partial charge is 0.287 e. The quantitative estimate of drug-likeness (QED) is 0.255. The van der Waals surface area contributed by atoms with Gasteiger partial charge in [0.1, 0.15) is 24.0 Å². The maximum absolute atomic E-state index is 13.4. The minimum Gasteiger partial charge on any atom is -0.353 e. The predicted octanol–water partition coefficient (Wildman–Crippen LogP) is 3.45. The molecule has 2 aliphatic carbocycles. The molecule has 0 aliphatic heterocycles. The second kappa shape index (κ2) is 16.9. The van der Waals surface area contributed by atoms with Crippen LogP contribution in [0.25, 0.3) is 0 Å². The Kier molecular flexibility index (Phi) is 13.3. The summed E-state index contributed by atoms with van der Waals surface area (Å²) < 4.78 is 2.60. The van der Waals surface area contributed by atoms with Crippen LogP contribution in [0.5, 0.6) is 0 Å². The van der Waals surface area contributed by atoms with Gasteiger partial charge in [0.05, 0.1) is 6.20 Å². The normalized spacial score (nSPS) is 20.7. The number of carbonyl (C=O) groups is 5. The Morgan fingerprint density at radius 1 is 1.11 bits per heavy atom. The minimum absolute atomic E-state index is 0. The van der Waals surface area contributed by atoms with Gasteiger partial charge in [0.15, 0.2) is 0 Å². The lowest BCUT2D eigenvalue weighted by Gasteiger charge is -2.46. The van der Waals surface area contributed by atoms with Crippen LogP contribution in [0.3, 0.4) is 0 Å². The number of anilines is 1. The summed E-state index contributed by atoms with van der Waals surface area (Å²) in [6, 6.07) is 1.82. The van der Waals surface area contributed by atoms with Crippen molar-refractivity contribution in [2.24, 2.45) is 24.8 Å². The zero-order chi connectivity index (χ0) is 34.0. The Labute approximate surface area is 276 Å². The SMILES string of the molecule is CC.CCC1CC2CCCC(C1)C2NC(=O)Cn1cccc(NC(=O)[C@H](CCC(=O)C(=O)NC)NC(=O)c2c(C)cnn2C)c1=O.[HH].[HH].[HH].[HH]. The highest BCUT2D eigenvalue weighted by Crippen LogP contribution is 2.43. The molecular formula is C33H57N7O6. The van der Waals surface area contributed by atoms with Crippen LogP contribution in [-0.2, 0) is 32.8 Å². The molecule has 2 unspecified atom stereocenters. The molecular weight excluding hydrogens is 590 g/mol. The summed E-state index contributed by atoms with van der Waals surface area (Å²) in [6.45, 7) is 7.72. The molecule has 2 bridgehead atoms. The van der Waals surface area contributed by atoms with Gasteiger partial charge >= 0.3 is 0 Å². The molecule has 0 spiro atoms. The maximum Gasteiger partial charge on any atom is 0.287 e. The van der Waals surface area contributed by atoms with Gasteiger partial charge in [0.25, 0.3) is 17.4 Å². The third-order valence-electron chi connectivity index (χ3n) is 9.03. The number of aryl methyl sites for hydroxylation is 2. The van der Waals surface area contributed by atoms with Gasteiger partial charge in [0, 0.05) is 38.5 Å². The second-order valence-corrected chi connectivity index (χ2v) is 12.0. The summed E-state index contributed by atoms with van der Waals surface area (Å²) in [5.41, 5.74) is 0.136. The van der Waals surface area contributed by atoms with E-state index in [4.69, 9.17) is 0 Å². The molecule has 2 aromatic rings. The van der Waals surface area contributed by atoms with Crippen molar-refractivity contribution in [3.63, 3.8) is 0 Å². The average Bonchev–Trinajstić information content (AvgIpc) is 3.38. The number of likely N-dealkylation sites (N-methyl/N-ethyl adjacent to an activating group) is 1. The number of ketones is 1. The molecule has 4 amide bonds. The Morgan fingerprint density at radius 2 is 1.78 bits per heavy atom. The van der Waals surface area contributed by atoms with Crippen LogP contribution in [0.1, 0.15) is 93.9 Å². The Bertz CT molecular complexity index is 1450. The van der Waals surface area contributed by atoms with Crippen LogP contribution >= 0.6 is 0 Å². The first-order valence-electron chi connectivity index (χ1n) is 16.4. The molecule has 2 aromatic heterocycles. The number of Topliss-reactive ketones (excluding diaryl/α,β-unsaturated/α-hetero) is 1. The predicted molar refractivity (Wildman–Crippen MR) is 182 cm³/mol. The molecule has 2 aliphatic rings. The number of nitrogens with zero attached hydrogens (tertiary/aromatic N) is 3. The van der Waals surface area contributed by atoms with Crippen LogP contribution in [0, 0.1) is 24.7 Å². The third-order valence-corrected chi connectivity index (χ3v) is 9.03. The van der Waals surface area contributed by atoms with E-state index in [1.54, 1.807) is 20.0 Å². The van der Waals surface area contributed by atoms with Crippen LogP contribution in [-0.4, -0.2) is 62.9 Å². The first-order valence-corrected chi connectivity index (χ1v) is 16.4. The highest BCUT2D eigenvalue weighted by atomic mass is 16.2. The molecule has 0 radical (unpaired) electrons. The summed E-state index contributed by atoms with van der Waals surface area (Å²) >= 11 is 0. The Morgan fingerprint density at radius 3 is 2.37 bits per heavy atom. The van der Waals surface area contributed by atoms with E-state index in [1.165, 1.54) is 41.2 Å². The summed E-state index contributed by atoms with van der Waals surface area (Å²) in [7, 11) is 2.90. The van der Waals surface area contributed by atoms with Gasteiger partial charge in [-0.15, -0.1) is 0 Å². The summed E-state index contributed by atoms with van der Waals surface area (Å²) in [6.07, 6.45) is 9.26. The lowest BCUT2D eigenvalue weighted by molar-refractivity contribution is -0.137. The number of carbonyl (C=O) groups excluding carboxylic acids is 5. The van der Waals surface area contributed by atoms with Crippen molar-refractivity contribution in [1.29, 1.82) is 0 Å². The zero-order valence-corrected chi connectivity index (χ0v) is 27.9. The van der Waals surface area contributed by atoms with E-state index in [0.29, 0.717) is 23.3 Å². The first kappa shape index (κ1) is 36.2. The molecule has 46 heavy (non-hydrogen) atoms. The fourth-order valence-electron chi connectivity index (χ4n) is 6.70. The van der Waals surface area contributed by atoms with Gasteiger partial charge in [-0.2, -0.15) is 5.10 Å². The van der Waals surface area contributed by atoms with Crippen molar-refractivity contribution in [3.8, 4) is 0 Å². The molecule has 260 valence electrons. The van der Waals surface area contributed by atoms with E-state index in [2.05, 4.69) is 33.3 Å². The van der Waals surface area contributed by atoms with E-state index in [0.717, 1.165) is 32.1 Å². The molecule has 0 aromatic carbocycles. The van der Waals surface area contributed by atoms with Gasteiger partial charge in [-0.3, -0.25) is 33.4 Å². The average molecular weight is 648 g/mol. The largest absolute Gasteiger partial charge is 0.353 e. The van der Waals surface area contributed by atoms with Crippen molar-refractivity contribution in [1.82, 2.24) is 30.3 Å². The third kappa shape index (κ3) is 8.91. The van der Waals surface area contributed by atoms with Gasteiger partial charge in [-0.1, -0.05) is 33.6 Å². The van der Waals surface area contributed by atoms with Crippen LogP contribution in [0.15, 0.2) is 29.3 Å². The van der Waals surface area contributed by atoms with E-state index < -0.39 is 35.1 Å². The first-order chi connectivity index (χ1) is 22.0. The van der Waals surface area contributed by atoms with Crippen molar-refractivity contribution < 1.29 is 29.7 Å². The highest BCUT2D eigenvalue weighted by molar-refractivity contribution is 6.36. The summed E-state index contributed by atoms with van der Waals surface area (Å²) in [5, 5.41) is 14.6. The number of amides is 4. The van der Waals surface area contributed by atoms with E-state index in [-0.39, 0.29) is 48.4 Å². The molecule has 13 heteroatoms. The van der Waals surface area contributed by atoms with Crippen LogP contribution < -0.4 is 26.8 Å². The topological polar surface area (TPSA) is 173 Å².